The monoisotopic (exact) mass is 183 g/mol. The SMILES string of the molecule is CNc1cc(C)c(C(=O)O)cc1F. The molecule has 70 valence electrons. The largest absolute Gasteiger partial charge is 0.478 e. The molecule has 0 aliphatic rings. The average molecular weight is 183 g/mol. The molecule has 0 spiro atoms. The second-order valence-electron chi connectivity index (χ2n) is 2.70. The number of carbonyl (C=O) groups is 1. The fourth-order valence-corrected chi connectivity index (χ4v) is 1.10. The molecule has 0 unspecified atom stereocenters. The number of aromatic carboxylic acids is 1. The lowest BCUT2D eigenvalue weighted by atomic mass is 10.1. The first-order valence-corrected chi connectivity index (χ1v) is 3.77. The van der Waals surface area contributed by atoms with Gasteiger partial charge in [0.15, 0.2) is 0 Å². The van der Waals surface area contributed by atoms with Gasteiger partial charge < -0.3 is 10.4 Å². The summed E-state index contributed by atoms with van der Waals surface area (Å²) in [6.07, 6.45) is 0. The van der Waals surface area contributed by atoms with E-state index in [1.165, 1.54) is 6.07 Å². The number of carboxylic acids is 1. The normalized spacial score (nSPS) is 9.77. The molecule has 0 fully saturated rings. The van der Waals surface area contributed by atoms with Crippen LogP contribution in [-0.4, -0.2) is 18.1 Å². The third-order valence-electron chi connectivity index (χ3n) is 1.81. The van der Waals surface area contributed by atoms with E-state index in [-0.39, 0.29) is 5.56 Å². The Hall–Kier alpha value is -1.58. The van der Waals surface area contributed by atoms with Gasteiger partial charge in [0, 0.05) is 7.05 Å². The Morgan fingerprint density at radius 1 is 1.54 bits per heavy atom. The summed E-state index contributed by atoms with van der Waals surface area (Å²) < 4.78 is 13.1. The Kier molecular flexibility index (Phi) is 2.51. The van der Waals surface area contributed by atoms with Crippen LogP contribution >= 0.6 is 0 Å². The van der Waals surface area contributed by atoms with Crippen molar-refractivity contribution in [1.82, 2.24) is 0 Å². The van der Waals surface area contributed by atoms with Gasteiger partial charge in [-0.2, -0.15) is 0 Å². The number of halogens is 1. The van der Waals surface area contributed by atoms with E-state index in [0.29, 0.717) is 11.3 Å². The molecule has 4 heteroatoms. The van der Waals surface area contributed by atoms with E-state index in [2.05, 4.69) is 5.32 Å². The van der Waals surface area contributed by atoms with Crippen molar-refractivity contribution >= 4 is 11.7 Å². The van der Waals surface area contributed by atoms with Gasteiger partial charge in [-0.3, -0.25) is 0 Å². The van der Waals surface area contributed by atoms with E-state index >= 15 is 0 Å². The summed E-state index contributed by atoms with van der Waals surface area (Å²) >= 11 is 0. The van der Waals surface area contributed by atoms with Gasteiger partial charge in [0.2, 0.25) is 0 Å². The standard InChI is InChI=1S/C9H10FNO2/c1-5-3-8(11-2)7(10)4-6(5)9(12)13/h3-4,11H,1-2H3,(H,12,13). The molecule has 0 aliphatic carbocycles. The number of rotatable bonds is 2. The molecule has 0 saturated carbocycles. The second kappa shape index (κ2) is 3.43. The Morgan fingerprint density at radius 3 is 2.62 bits per heavy atom. The molecule has 2 N–H and O–H groups in total. The molecular formula is C9H10FNO2. The van der Waals surface area contributed by atoms with Gasteiger partial charge in [-0.05, 0) is 24.6 Å². The van der Waals surface area contributed by atoms with E-state index in [9.17, 15) is 9.18 Å². The van der Waals surface area contributed by atoms with Gasteiger partial charge in [0.25, 0.3) is 0 Å². The molecule has 13 heavy (non-hydrogen) atoms. The number of aryl methyl sites for hydroxylation is 1. The topological polar surface area (TPSA) is 49.3 Å². The highest BCUT2D eigenvalue weighted by atomic mass is 19.1. The van der Waals surface area contributed by atoms with E-state index in [1.807, 2.05) is 0 Å². The molecule has 0 aromatic heterocycles. The molecule has 0 heterocycles. The third-order valence-corrected chi connectivity index (χ3v) is 1.81. The molecule has 1 aromatic carbocycles. The summed E-state index contributed by atoms with van der Waals surface area (Å²) in [6.45, 7) is 1.63. The van der Waals surface area contributed by atoms with E-state index in [4.69, 9.17) is 5.11 Å². The maximum Gasteiger partial charge on any atom is 0.336 e. The van der Waals surface area contributed by atoms with Crippen molar-refractivity contribution in [2.24, 2.45) is 0 Å². The zero-order valence-corrected chi connectivity index (χ0v) is 7.39. The van der Waals surface area contributed by atoms with Crippen molar-refractivity contribution in [2.75, 3.05) is 12.4 Å². The zero-order valence-electron chi connectivity index (χ0n) is 7.39. The van der Waals surface area contributed by atoms with Crippen molar-refractivity contribution < 1.29 is 14.3 Å². The Balaban J connectivity index is 3.28. The predicted molar refractivity (Wildman–Crippen MR) is 47.6 cm³/mol. The first-order valence-electron chi connectivity index (χ1n) is 3.77. The van der Waals surface area contributed by atoms with Crippen molar-refractivity contribution in [3.8, 4) is 0 Å². The average Bonchev–Trinajstić information content (AvgIpc) is 2.07. The summed E-state index contributed by atoms with van der Waals surface area (Å²) in [6, 6.07) is 2.49. The summed E-state index contributed by atoms with van der Waals surface area (Å²) in [5.41, 5.74) is 0.845. The van der Waals surface area contributed by atoms with Gasteiger partial charge in [0.05, 0.1) is 11.3 Å². The minimum atomic E-state index is -1.11. The van der Waals surface area contributed by atoms with Gasteiger partial charge >= 0.3 is 5.97 Å². The molecule has 1 rings (SSSR count). The highest BCUT2D eigenvalue weighted by Gasteiger charge is 2.11. The number of benzene rings is 1. The van der Waals surface area contributed by atoms with Crippen LogP contribution in [0.15, 0.2) is 12.1 Å². The molecule has 3 nitrogen and oxygen atoms in total. The van der Waals surface area contributed by atoms with Crippen LogP contribution in [0.3, 0.4) is 0 Å². The summed E-state index contributed by atoms with van der Waals surface area (Å²) in [5, 5.41) is 11.3. The highest BCUT2D eigenvalue weighted by molar-refractivity contribution is 5.90. The van der Waals surface area contributed by atoms with Gasteiger partial charge in [-0.25, -0.2) is 9.18 Å². The zero-order chi connectivity index (χ0) is 10.0. The van der Waals surface area contributed by atoms with Crippen molar-refractivity contribution in [1.29, 1.82) is 0 Å². The fraction of sp³-hybridized carbons (Fsp3) is 0.222. The maximum absolute atomic E-state index is 13.1. The lowest BCUT2D eigenvalue weighted by molar-refractivity contribution is 0.0695. The quantitative estimate of drug-likeness (QED) is 0.735. The first-order chi connectivity index (χ1) is 6.06. The number of hydrogen-bond acceptors (Lipinski definition) is 2. The Labute approximate surface area is 75.2 Å². The Bertz CT molecular complexity index is 350. The molecular weight excluding hydrogens is 173 g/mol. The van der Waals surface area contributed by atoms with Crippen LogP contribution in [0.5, 0.6) is 0 Å². The number of hydrogen-bond donors (Lipinski definition) is 2. The minimum absolute atomic E-state index is 0.00324. The molecule has 0 bridgehead atoms. The van der Waals surface area contributed by atoms with Crippen LogP contribution in [0, 0.1) is 12.7 Å². The molecule has 0 atom stereocenters. The van der Waals surface area contributed by atoms with Crippen molar-refractivity contribution in [3.63, 3.8) is 0 Å². The highest BCUT2D eigenvalue weighted by Crippen LogP contribution is 2.19. The lowest BCUT2D eigenvalue weighted by Crippen LogP contribution is -2.03. The van der Waals surface area contributed by atoms with Gasteiger partial charge in [-0.1, -0.05) is 0 Å². The lowest BCUT2D eigenvalue weighted by Gasteiger charge is -2.06. The Morgan fingerprint density at radius 2 is 2.15 bits per heavy atom. The van der Waals surface area contributed by atoms with Crippen LogP contribution in [0.1, 0.15) is 15.9 Å². The van der Waals surface area contributed by atoms with Crippen LogP contribution in [0.4, 0.5) is 10.1 Å². The summed E-state index contributed by atoms with van der Waals surface area (Å²) in [7, 11) is 1.58. The number of carboxylic acid groups (broad SMARTS) is 1. The molecule has 0 radical (unpaired) electrons. The molecule has 0 aliphatic heterocycles. The molecule has 1 aromatic rings. The summed E-state index contributed by atoms with van der Waals surface area (Å²) in [5.74, 6) is -1.66. The second-order valence-corrected chi connectivity index (χ2v) is 2.70. The smallest absolute Gasteiger partial charge is 0.336 e. The van der Waals surface area contributed by atoms with Crippen LogP contribution in [0.25, 0.3) is 0 Å². The van der Waals surface area contributed by atoms with E-state index in [0.717, 1.165) is 6.07 Å². The maximum atomic E-state index is 13.1. The van der Waals surface area contributed by atoms with Crippen LogP contribution < -0.4 is 5.32 Å². The van der Waals surface area contributed by atoms with Crippen molar-refractivity contribution in [3.05, 3.63) is 29.1 Å². The molecule has 0 saturated heterocycles. The van der Waals surface area contributed by atoms with Crippen LogP contribution in [0.2, 0.25) is 0 Å². The van der Waals surface area contributed by atoms with Gasteiger partial charge in [-0.15, -0.1) is 0 Å². The minimum Gasteiger partial charge on any atom is -0.478 e. The van der Waals surface area contributed by atoms with Crippen LogP contribution in [-0.2, 0) is 0 Å². The van der Waals surface area contributed by atoms with E-state index < -0.39 is 11.8 Å². The number of anilines is 1. The first kappa shape index (κ1) is 9.51. The van der Waals surface area contributed by atoms with Crippen molar-refractivity contribution in [2.45, 2.75) is 6.92 Å². The molecule has 0 amide bonds. The summed E-state index contributed by atoms with van der Waals surface area (Å²) in [4.78, 5) is 10.6. The van der Waals surface area contributed by atoms with Gasteiger partial charge in [0.1, 0.15) is 5.82 Å². The van der Waals surface area contributed by atoms with E-state index in [1.54, 1.807) is 14.0 Å². The fourth-order valence-electron chi connectivity index (χ4n) is 1.10. The number of nitrogens with one attached hydrogen (secondary N) is 1. The third kappa shape index (κ3) is 1.77. The predicted octanol–water partition coefficient (Wildman–Crippen LogP) is 1.87.